The zero-order valence-corrected chi connectivity index (χ0v) is 12.8. The molecule has 0 aromatic heterocycles. The predicted molar refractivity (Wildman–Crippen MR) is 79.8 cm³/mol. The molecule has 1 rings (SSSR count). The Morgan fingerprint density at radius 2 is 2.00 bits per heavy atom. The highest BCUT2D eigenvalue weighted by Gasteiger charge is 2.15. The van der Waals surface area contributed by atoms with Gasteiger partial charge in [-0.1, -0.05) is 25.5 Å². The van der Waals surface area contributed by atoms with E-state index in [9.17, 15) is 14.7 Å². The lowest BCUT2D eigenvalue weighted by atomic mass is 10.1. The van der Waals surface area contributed by atoms with Crippen molar-refractivity contribution in [3.8, 4) is 0 Å². The van der Waals surface area contributed by atoms with Crippen molar-refractivity contribution >= 4 is 29.3 Å². The van der Waals surface area contributed by atoms with Gasteiger partial charge in [0.2, 0.25) is 0 Å². The van der Waals surface area contributed by atoms with Gasteiger partial charge in [-0.25, -0.2) is 4.79 Å². The maximum Gasteiger partial charge on any atom is 0.378 e. The summed E-state index contributed by atoms with van der Waals surface area (Å²) < 4.78 is 4.32. The summed E-state index contributed by atoms with van der Waals surface area (Å²) >= 11 is 1.58. The van der Waals surface area contributed by atoms with Crippen molar-refractivity contribution < 1.29 is 19.4 Å². The van der Waals surface area contributed by atoms with E-state index in [1.54, 1.807) is 17.8 Å². The Bertz CT molecular complexity index is 547. The quantitative estimate of drug-likeness (QED) is 0.297. The first kappa shape index (κ1) is 16.3. The van der Waals surface area contributed by atoms with Crippen molar-refractivity contribution in [3.05, 3.63) is 35.4 Å². The second-order valence-corrected chi connectivity index (χ2v) is 6.17. The molecule has 108 valence electrons. The molecule has 1 aromatic rings. The number of aliphatic hydroxyl groups excluding tert-OH is 1. The number of carbonyl (C=O) groups excluding carboxylic acids is 2. The SMILES string of the molecule is COC(=O)C(=O)/C=C(\O)c1cc(C)ccc1SC(C)C. The van der Waals surface area contributed by atoms with Crippen LogP contribution in [0.15, 0.2) is 29.2 Å². The average molecular weight is 294 g/mol. The first-order valence-corrected chi connectivity index (χ1v) is 7.03. The van der Waals surface area contributed by atoms with Crippen molar-refractivity contribution in [2.24, 2.45) is 0 Å². The van der Waals surface area contributed by atoms with Crippen LogP contribution in [-0.2, 0) is 14.3 Å². The number of aryl methyl sites for hydroxylation is 1. The highest BCUT2D eigenvalue weighted by atomic mass is 32.2. The zero-order chi connectivity index (χ0) is 15.3. The molecule has 0 aliphatic carbocycles. The van der Waals surface area contributed by atoms with Crippen LogP contribution >= 0.6 is 11.8 Å². The molecule has 1 aromatic carbocycles. The molecule has 20 heavy (non-hydrogen) atoms. The molecule has 0 unspecified atom stereocenters. The lowest BCUT2D eigenvalue weighted by Crippen LogP contribution is -2.13. The minimum Gasteiger partial charge on any atom is -0.507 e. The van der Waals surface area contributed by atoms with E-state index in [-0.39, 0.29) is 5.76 Å². The Kier molecular flexibility index (Phi) is 5.82. The molecule has 0 amide bonds. The van der Waals surface area contributed by atoms with Crippen LogP contribution in [0, 0.1) is 6.92 Å². The van der Waals surface area contributed by atoms with E-state index in [0.29, 0.717) is 10.8 Å². The van der Waals surface area contributed by atoms with Crippen molar-refractivity contribution in [1.82, 2.24) is 0 Å². The molecule has 0 radical (unpaired) electrons. The topological polar surface area (TPSA) is 63.6 Å². The van der Waals surface area contributed by atoms with Crippen LogP contribution in [0.5, 0.6) is 0 Å². The first-order chi connectivity index (χ1) is 9.35. The number of esters is 1. The van der Waals surface area contributed by atoms with Gasteiger partial charge in [0.15, 0.2) is 0 Å². The van der Waals surface area contributed by atoms with Crippen LogP contribution < -0.4 is 0 Å². The van der Waals surface area contributed by atoms with Gasteiger partial charge in [0.1, 0.15) is 5.76 Å². The Morgan fingerprint density at radius 3 is 2.55 bits per heavy atom. The minimum atomic E-state index is -0.998. The maximum absolute atomic E-state index is 11.5. The number of aliphatic hydroxyl groups is 1. The summed E-state index contributed by atoms with van der Waals surface area (Å²) in [5, 5.41) is 10.4. The second kappa shape index (κ2) is 7.14. The standard InChI is InChI=1S/C15H18O4S/c1-9(2)20-14-6-5-10(3)7-11(14)12(16)8-13(17)15(18)19-4/h5-9,16H,1-4H3/b12-8-. The highest BCUT2D eigenvalue weighted by molar-refractivity contribution is 8.00. The summed E-state index contributed by atoms with van der Waals surface area (Å²) in [4.78, 5) is 23.4. The molecule has 0 saturated carbocycles. The number of hydrogen-bond donors (Lipinski definition) is 1. The molecule has 0 aliphatic rings. The summed E-state index contributed by atoms with van der Waals surface area (Å²) in [5.74, 6) is -2.11. The van der Waals surface area contributed by atoms with Gasteiger partial charge in [-0.3, -0.25) is 4.79 Å². The Balaban J connectivity index is 3.16. The van der Waals surface area contributed by atoms with Crippen LogP contribution in [0.3, 0.4) is 0 Å². The monoisotopic (exact) mass is 294 g/mol. The van der Waals surface area contributed by atoms with E-state index in [1.807, 2.05) is 32.9 Å². The second-order valence-electron chi connectivity index (χ2n) is 4.55. The normalized spacial score (nSPS) is 11.6. The van der Waals surface area contributed by atoms with Gasteiger partial charge < -0.3 is 9.84 Å². The van der Waals surface area contributed by atoms with E-state index in [1.165, 1.54) is 0 Å². The molecular formula is C15H18O4S. The van der Waals surface area contributed by atoms with Crippen molar-refractivity contribution in [3.63, 3.8) is 0 Å². The summed E-state index contributed by atoms with van der Waals surface area (Å²) in [6, 6.07) is 5.60. The fraction of sp³-hybridized carbons (Fsp3) is 0.333. The molecule has 4 nitrogen and oxygen atoms in total. The molecule has 0 fully saturated rings. The average Bonchev–Trinajstić information content (AvgIpc) is 2.39. The molecule has 0 aliphatic heterocycles. The third kappa shape index (κ3) is 4.42. The molecule has 0 spiro atoms. The lowest BCUT2D eigenvalue weighted by Gasteiger charge is -2.11. The van der Waals surface area contributed by atoms with E-state index in [2.05, 4.69) is 4.74 Å². The summed E-state index contributed by atoms with van der Waals surface area (Å²) in [7, 11) is 1.12. The Labute approximate surface area is 122 Å². The van der Waals surface area contributed by atoms with Gasteiger partial charge in [0, 0.05) is 21.8 Å². The van der Waals surface area contributed by atoms with Gasteiger partial charge in [0.05, 0.1) is 7.11 Å². The minimum absolute atomic E-state index is 0.229. The fourth-order valence-electron chi connectivity index (χ4n) is 1.56. The number of thioether (sulfide) groups is 1. The lowest BCUT2D eigenvalue weighted by molar-refractivity contribution is -0.149. The summed E-state index contributed by atoms with van der Waals surface area (Å²) in [6.07, 6.45) is 0.894. The van der Waals surface area contributed by atoms with E-state index < -0.39 is 11.8 Å². The largest absolute Gasteiger partial charge is 0.507 e. The van der Waals surface area contributed by atoms with Crippen molar-refractivity contribution in [2.45, 2.75) is 30.9 Å². The van der Waals surface area contributed by atoms with Crippen molar-refractivity contribution in [2.75, 3.05) is 7.11 Å². The Morgan fingerprint density at radius 1 is 1.35 bits per heavy atom. The number of hydrogen-bond acceptors (Lipinski definition) is 5. The molecule has 5 heteroatoms. The predicted octanol–water partition coefficient (Wildman–Crippen LogP) is 3.14. The van der Waals surface area contributed by atoms with Gasteiger partial charge >= 0.3 is 5.97 Å². The summed E-state index contributed by atoms with van der Waals surface area (Å²) in [6.45, 7) is 5.96. The third-order valence-corrected chi connectivity index (χ3v) is 3.51. The van der Waals surface area contributed by atoms with Crippen LogP contribution in [0.25, 0.3) is 5.76 Å². The summed E-state index contributed by atoms with van der Waals surface area (Å²) in [5.41, 5.74) is 1.50. The van der Waals surface area contributed by atoms with Gasteiger partial charge in [-0.15, -0.1) is 11.8 Å². The van der Waals surface area contributed by atoms with E-state index in [4.69, 9.17) is 0 Å². The highest BCUT2D eigenvalue weighted by Crippen LogP contribution is 2.31. The zero-order valence-electron chi connectivity index (χ0n) is 12.0. The van der Waals surface area contributed by atoms with Crippen LogP contribution in [-0.4, -0.2) is 29.2 Å². The number of ketones is 1. The molecular weight excluding hydrogens is 276 g/mol. The first-order valence-electron chi connectivity index (χ1n) is 6.15. The number of methoxy groups -OCH3 is 1. The molecule has 0 atom stereocenters. The van der Waals surface area contributed by atoms with E-state index in [0.717, 1.165) is 23.6 Å². The van der Waals surface area contributed by atoms with E-state index >= 15 is 0 Å². The fourth-order valence-corrected chi connectivity index (χ4v) is 2.51. The maximum atomic E-state index is 11.5. The van der Waals surface area contributed by atoms with Gasteiger partial charge in [-0.2, -0.15) is 0 Å². The number of rotatable bonds is 5. The van der Waals surface area contributed by atoms with Crippen molar-refractivity contribution in [1.29, 1.82) is 0 Å². The smallest absolute Gasteiger partial charge is 0.378 e. The van der Waals surface area contributed by atoms with Crippen LogP contribution in [0.1, 0.15) is 25.0 Å². The number of carbonyl (C=O) groups is 2. The molecule has 0 bridgehead atoms. The van der Waals surface area contributed by atoms with Crippen LogP contribution in [0.4, 0.5) is 0 Å². The van der Waals surface area contributed by atoms with Crippen LogP contribution in [0.2, 0.25) is 0 Å². The molecule has 1 N–H and O–H groups in total. The Hall–Kier alpha value is -1.75. The number of benzene rings is 1. The third-order valence-electron chi connectivity index (χ3n) is 2.43. The molecule has 0 heterocycles. The van der Waals surface area contributed by atoms with Gasteiger partial charge in [-0.05, 0) is 19.1 Å². The number of ether oxygens (including phenoxy) is 1. The van der Waals surface area contributed by atoms with Gasteiger partial charge in [0.25, 0.3) is 5.78 Å². The molecule has 0 saturated heterocycles.